The molecule has 5 amide bonds. The molecule has 0 spiro atoms. The van der Waals surface area contributed by atoms with Gasteiger partial charge in [-0.25, -0.2) is 19.6 Å². The number of hydrogen-bond donors (Lipinski definition) is 4. The van der Waals surface area contributed by atoms with E-state index < -0.39 is 42.0 Å². The number of aryl methyl sites for hydroxylation is 1. The van der Waals surface area contributed by atoms with E-state index in [9.17, 15) is 24.0 Å². The summed E-state index contributed by atoms with van der Waals surface area (Å²) in [6.07, 6.45) is 7.08. The molecule has 0 aliphatic carbocycles. The summed E-state index contributed by atoms with van der Waals surface area (Å²) in [6, 6.07) is 27.7. The van der Waals surface area contributed by atoms with Gasteiger partial charge in [0.25, 0.3) is 0 Å². The van der Waals surface area contributed by atoms with Crippen LogP contribution in [0.15, 0.2) is 108 Å². The lowest BCUT2D eigenvalue weighted by atomic mass is 9.93. The van der Waals surface area contributed by atoms with Crippen molar-refractivity contribution in [1.82, 2.24) is 35.4 Å². The van der Waals surface area contributed by atoms with Crippen LogP contribution in [0.5, 0.6) is 0 Å². The minimum atomic E-state index is -1.12. The molecule has 3 atom stereocenters. The largest absolute Gasteiger partial charge is 0.453 e. The number of terminal acetylenes is 1. The average molecular weight is 895 g/mol. The second kappa shape index (κ2) is 22.6. The zero-order chi connectivity index (χ0) is 47.2. The van der Waals surface area contributed by atoms with Crippen molar-refractivity contribution in [3.63, 3.8) is 0 Å². The molecule has 0 aliphatic rings. The Morgan fingerprint density at radius 3 is 2.24 bits per heavy atom. The molecule has 0 bridgehead atoms. The van der Waals surface area contributed by atoms with E-state index in [1.165, 1.54) is 19.1 Å². The number of amides is 5. The molecular weight excluding hydrogens is 841 g/mol. The van der Waals surface area contributed by atoms with Crippen molar-refractivity contribution in [3.8, 4) is 35.1 Å². The van der Waals surface area contributed by atoms with Crippen molar-refractivity contribution in [2.45, 2.75) is 58.0 Å². The van der Waals surface area contributed by atoms with Crippen LogP contribution in [0.4, 0.5) is 15.3 Å². The van der Waals surface area contributed by atoms with E-state index >= 15 is 0 Å². The second-order valence-electron chi connectivity index (χ2n) is 15.5. The number of H-pyrrole nitrogens is 1. The molecule has 0 saturated heterocycles. The van der Waals surface area contributed by atoms with Crippen molar-refractivity contribution < 1.29 is 37.9 Å². The van der Waals surface area contributed by atoms with E-state index in [1.54, 1.807) is 42.6 Å². The predicted molar refractivity (Wildman–Crippen MR) is 250 cm³/mol. The summed E-state index contributed by atoms with van der Waals surface area (Å²) in [4.78, 5) is 81.8. The molecule has 4 aromatic carbocycles. The van der Waals surface area contributed by atoms with Crippen LogP contribution in [0.25, 0.3) is 33.8 Å². The lowest BCUT2D eigenvalue weighted by Crippen LogP contribution is -2.46. The van der Waals surface area contributed by atoms with E-state index in [1.807, 2.05) is 86.3 Å². The third kappa shape index (κ3) is 11.8. The molecule has 66 heavy (non-hydrogen) atoms. The summed E-state index contributed by atoms with van der Waals surface area (Å²) >= 11 is 0. The normalized spacial score (nSPS) is 12.2. The summed E-state index contributed by atoms with van der Waals surface area (Å²) in [7, 11) is 2.50. The first-order valence-electron chi connectivity index (χ1n) is 21.6. The van der Waals surface area contributed by atoms with Crippen LogP contribution in [-0.2, 0) is 23.9 Å². The highest BCUT2D eigenvalue weighted by molar-refractivity contribution is 5.97. The molecule has 0 saturated carbocycles. The van der Waals surface area contributed by atoms with E-state index in [4.69, 9.17) is 25.3 Å². The monoisotopic (exact) mass is 894 g/mol. The average Bonchev–Trinajstić information content (AvgIpc) is 4.01. The van der Waals surface area contributed by atoms with Crippen LogP contribution >= 0.6 is 0 Å². The Hall–Kier alpha value is -7.93. The van der Waals surface area contributed by atoms with E-state index in [-0.39, 0.29) is 32.0 Å². The lowest BCUT2D eigenvalue weighted by Gasteiger charge is -2.31. The number of imidazole rings is 1. The van der Waals surface area contributed by atoms with Gasteiger partial charge in [-0.3, -0.25) is 14.4 Å². The van der Waals surface area contributed by atoms with Gasteiger partial charge in [0.1, 0.15) is 11.9 Å². The van der Waals surface area contributed by atoms with Crippen LogP contribution in [0, 0.1) is 19.3 Å². The molecule has 2 heterocycles. The van der Waals surface area contributed by atoms with E-state index in [2.05, 4.69) is 31.8 Å². The smallest absolute Gasteiger partial charge is 0.407 e. The third-order valence-corrected chi connectivity index (χ3v) is 11.0. The zero-order valence-corrected chi connectivity index (χ0v) is 37.6. The van der Waals surface area contributed by atoms with Gasteiger partial charge < -0.3 is 44.6 Å². The number of anilines is 1. The standard InChI is InChI=1S/C50H54N8O8/c1-7-9-27-57(48(61)44(56-50(63)65-6)35-18-14-11-15-19-35)31-43(59)53-40-28-36(21-20-32(40)3)42-30-52-46(66-42)37-22-23-39-41(29-37)55-45(54-39)33(4)58(26-8-2)47(60)38(24-25-51-49(62)64-5)34-16-12-10-13-17-34/h1,10-23,28-30,33,38,44H,8-9,24-27,31H2,2-6H3,(H,51,62)(H,53,59)(H,54,55)(H,56,63). The first kappa shape index (κ1) is 47.5. The molecule has 6 rings (SSSR count). The third-order valence-electron chi connectivity index (χ3n) is 11.0. The highest BCUT2D eigenvalue weighted by Gasteiger charge is 2.32. The lowest BCUT2D eigenvalue weighted by molar-refractivity contribution is -0.136. The number of nitrogens with zero attached hydrogens (tertiary/aromatic N) is 4. The number of aromatic amines is 1. The molecule has 16 nitrogen and oxygen atoms in total. The van der Waals surface area contributed by atoms with Gasteiger partial charge >= 0.3 is 12.2 Å². The predicted octanol–water partition coefficient (Wildman–Crippen LogP) is 7.91. The Labute approximate surface area is 383 Å². The topological polar surface area (TPSA) is 201 Å². The number of benzene rings is 4. The Kier molecular flexibility index (Phi) is 16.3. The number of fused-ring (bicyclic) bond motifs is 1. The Bertz CT molecular complexity index is 2680. The summed E-state index contributed by atoms with van der Waals surface area (Å²) in [6.45, 7) is 6.30. The van der Waals surface area contributed by atoms with Crippen LogP contribution < -0.4 is 16.0 Å². The van der Waals surface area contributed by atoms with Crippen LogP contribution in [-0.4, -0.2) is 95.1 Å². The van der Waals surface area contributed by atoms with Crippen molar-refractivity contribution in [3.05, 3.63) is 126 Å². The molecule has 0 aliphatic heterocycles. The quantitative estimate of drug-likeness (QED) is 0.0579. The number of nitrogens with one attached hydrogen (secondary N) is 4. The van der Waals surface area contributed by atoms with Gasteiger partial charge in [-0.2, -0.15) is 0 Å². The molecule has 0 fully saturated rings. The SMILES string of the molecule is C#CCCN(CC(=O)Nc1cc(-c2cnc(-c3ccc4nc(C(C)N(CCC)C(=O)C(CCNC(=O)OC)c5ccccc5)[nH]c4c3)o2)ccc1C)C(=O)C(NC(=O)OC)c1ccccc1. The van der Waals surface area contributed by atoms with Crippen molar-refractivity contribution in [2.24, 2.45) is 0 Å². The first-order valence-corrected chi connectivity index (χ1v) is 21.6. The Morgan fingerprint density at radius 2 is 1.56 bits per heavy atom. The number of ether oxygens (including phenoxy) is 2. The van der Waals surface area contributed by atoms with Gasteiger partial charge in [0.05, 0.1) is 50.0 Å². The molecule has 342 valence electrons. The molecule has 2 aromatic heterocycles. The maximum Gasteiger partial charge on any atom is 0.407 e. The number of alkyl carbamates (subject to hydrolysis) is 2. The fourth-order valence-electron chi connectivity index (χ4n) is 7.53. The van der Waals surface area contributed by atoms with Crippen molar-refractivity contribution in [1.29, 1.82) is 0 Å². The van der Waals surface area contributed by atoms with Crippen LogP contribution in [0.2, 0.25) is 0 Å². The van der Waals surface area contributed by atoms with Crippen molar-refractivity contribution in [2.75, 3.05) is 45.7 Å². The van der Waals surface area contributed by atoms with E-state index in [0.717, 1.165) is 23.1 Å². The maximum absolute atomic E-state index is 14.3. The van der Waals surface area contributed by atoms with Crippen LogP contribution in [0.3, 0.4) is 0 Å². The summed E-state index contributed by atoms with van der Waals surface area (Å²) < 4.78 is 15.8. The highest BCUT2D eigenvalue weighted by Crippen LogP contribution is 2.32. The van der Waals surface area contributed by atoms with Gasteiger partial charge in [-0.05, 0) is 67.6 Å². The van der Waals surface area contributed by atoms with Gasteiger partial charge in [-0.15, -0.1) is 12.3 Å². The van der Waals surface area contributed by atoms with Crippen molar-refractivity contribution >= 4 is 46.6 Å². The van der Waals surface area contributed by atoms with E-state index in [0.29, 0.717) is 58.3 Å². The highest BCUT2D eigenvalue weighted by atomic mass is 16.5. The number of oxazole rings is 1. The molecule has 6 aromatic rings. The fraction of sp³-hybridized carbons (Fsp3) is 0.300. The number of carbonyl (C=O) groups excluding carboxylic acids is 5. The van der Waals surface area contributed by atoms with Gasteiger partial charge in [0.2, 0.25) is 23.6 Å². The maximum atomic E-state index is 14.3. The summed E-state index contributed by atoms with van der Waals surface area (Å²) in [5.41, 5.74) is 5.39. The zero-order valence-electron chi connectivity index (χ0n) is 37.6. The summed E-state index contributed by atoms with van der Waals surface area (Å²) in [5.74, 6) is 2.35. The molecule has 3 unspecified atom stereocenters. The second-order valence-corrected chi connectivity index (χ2v) is 15.5. The van der Waals surface area contributed by atoms with Gasteiger partial charge in [0.15, 0.2) is 5.76 Å². The Balaban J connectivity index is 1.17. The molecule has 4 N–H and O–H groups in total. The first-order chi connectivity index (χ1) is 31.9. The van der Waals surface area contributed by atoms with Gasteiger partial charge in [-0.1, -0.05) is 79.7 Å². The van der Waals surface area contributed by atoms with Crippen LogP contribution in [0.1, 0.15) is 73.6 Å². The molecular formula is C50H54N8O8. The fourth-order valence-corrected chi connectivity index (χ4v) is 7.53. The molecule has 16 heteroatoms. The van der Waals surface area contributed by atoms with Gasteiger partial charge in [0, 0.05) is 42.9 Å². The minimum Gasteiger partial charge on any atom is -0.453 e. The minimum absolute atomic E-state index is 0.0740. The number of rotatable bonds is 19. The Morgan fingerprint density at radius 1 is 0.864 bits per heavy atom. The number of hydrogen-bond acceptors (Lipinski definition) is 10. The summed E-state index contributed by atoms with van der Waals surface area (Å²) in [5, 5.41) is 8.19. The molecule has 0 radical (unpaired) electrons. The number of aromatic nitrogens is 3. The number of methoxy groups -OCH3 is 2. The number of carbonyl (C=O) groups is 5.